The molecule has 2 bridgehead atoms. The van der Waals surface area contributed by atoms with Crippen molar-refractivity contribution in [3.05, 3.63) is 0 Å². The van der Waals surface area contributed by atoms with Crippen LogP contribution in [0.1, 0.15) is 0 Å². The molecule has 5 nitrogen and oxygen atoms in total. The van der Waals surface area contributed by atoms with Gasteiger partial charge in [0.15, 0.2) is 0 Å². The van der Waals surface area contributed by atoms with Gasteiger partial charge in [0.25, 0.3) is 0 Å². The molecular weight excluding hydrogens is 174 g/mol. The molecule has 2 rings (SSSR count). The van der Waals surface area contributed by atoms with E-state index in [4.69, 9.17) is 24.7 Å². The highest BCUT2D eigenvalue weighted by Gasteiger charge is 2.61. The Bertz CT molecular complexity index is 201. The van der Waals surface area contributed by atoms with E-state index in [1.807, 2.05) is 0 Å². The van der Waals surface area contributed by atoms with E-state index in [0.717, 1.165) is 0 Å². The van der Waals surface area contributed by atoms with Gasteiger partial charge in [-0.15, -0.1) is 0 Å². The summed E-state index contributed by atoms with van der Waals surface area (Å²) >= 11 is 0. The van der Waals surface area contributed by atoms with Gasteiger partial charge in [0.1, 0.15) is 24.0 Å². The van der Waals surface area contributed by atoms with Crippen molar-refractivity contribution in [1.82, 2.24) is 0 Å². The second-order valence-electron chi connectivity index (χ2n) is 3.51. The van der Waals surface area contributed by atoms with Crippen molar-refractivity contribution in [3.8, 4) is 0 Å². The first-order valence-electron chi connectivity index (χ1n) is 4.30. The molecule has 0 radical (unpaired) electrons. The Morgan fingerprint density at radius 1 is 1.54 bits per heavy atom. The number of ether oxygens (including phenoxy) is 4. The summed E-state index contributed by atoms with van der Waals surface area (Å²) in [6.07, 6.45) is -0.656. The quantitative estimate of drug-likeness (QED) is 0.623. The summed E-state index contributed by atoms with van der Waals surface area (Å²) in [5.74, 6) is 0. The van der Waals surface area contributed by atoms with Crippen LogP contribution in [0.4, 0.5) is 0 Å². The molecule has 0 aromatic rings. The topological polar surface area (TPSA) is 62.9 Å². The molecule has 0 amide bonds. The van der Waals surface area contributed by atoms with Crippen molar-refractivity contribution < 1.29 is 18.9 Å². The maximum atomic E-state index is 5.72. The van der Waals surface area contributed by atoms with Gasteiger partial charge in [0.2, 0.25) is 0 Å². The van der Waals surface area contributed by atoms with Crippen molar-refractivity contribution in [2.45, 2.75) is 24.0 Å². The van der Waals surface area contributed by atoms with Gasteiger partial charge in [-0.05, 0) is 0 Å². The molecular formula is C8H15NO4. The van der Waals surface area contributed by atoms with Crippen LogP contribution in [0.5, 0.6) is 0 Å². The lowest BCUT2D eigenvalue weighted by Crippen LogP contribution is -2.46. The van der Waals surface area contributed by atoms with Crippen molar-refractivity contribution in [2.75, 3.05) is 27.4 Å². The molecule has 2 aliphatic heterocycles. The molecule has 76 valence electrons. The Labute approximate surface area is 77.1 Å². The lowest BCUT2D eigenvalue weighted by molar-refractivity contribution is -0.164. The van der Waals surface area contributed by atoms with Gasteiger partial charge in [0.05, 0.1) is 13.2 Å². The second-order valence-corrected chi connectivity index (χ2v) is 3.51. The van der Waals surface area contributed by atoms with E-state index in [1.54, 1.807) is 14.2 Å². The van der Waals surface area contributed by atoms with Crippen LogP contribution in [-0.4, -0.2) is 51.5 Å². The summed E-state index contributed by atoms with van der Waals surface area (Å²) < 4.78 is 21.5. The molecule has 0 aliphatic carbocycles. The van der Waals surface area contributed by atoms with Crippen molar-refractivity contribution in [2.24, 2.45) is 5.73 Å². The lowest BCUT2D eigenvalue weighted by Gasteiger charge is -2.28. The van der Waals surface area contributed by atoms with Crippen molar-refractivity contribution in [3.63, 3.8) is 0 Å². The minimum Gasteiger partial charge on any atom is -0.381 e. The third kappa shape index (κ3) is 1.19. The fourth-order valence-electron chi connectivity index (χ4n) is 2.16. The average Bonchev–Trinajstić information content (AvgIpc) is 2.55. The van der Waals surface area contributed by atoms with E-state index in [-0.39, 0.29) is 12.2 Å². The van der Waals surface area contributed by atoms with E-state index < -0.39 is 11.8 Å². The van der Waals surface area contributed by atoms with Crippen LogP contribution in [0.2, 0.25) is 0 Å². The van der Waals surface area contributed by atoms with Crippen molar-refractivity contribution in [1.29, 1.82) is 0 Å². The lowest BCUT2D eigenvalue weighted by atomic mass is 10.0. The molecule has 4 atom stereocenters. The zero-order valence-corrected chi connectivity index (χ0v) is 7.86. The number of nitrogens with two attached hydrogens (primary N) is 1. The van der Waals surface area contributed by atoms with Gasteiger partial charge >= 0.3 is 0 Å². The van der Waals surface area contributed by atoms with Crippen LogP contribution in [0.25, 0.3) is 0 Å². The monoisotopic (exact) mass is 189 g/mol. The Kier molecular flexibility index (Phi) is 2.29. The van der Waals surface area contributed by atoms with Crippen LogP contribution in [0, 0.1) is 0 Å². The number of hydrogen-bond acceptors (Lipinski definition) is 5. The molecule has 2 aliphatic rings. The van der Waals surface area contributed by atoms with Crippen molar-refractivity contribution >= 4 is 0 Å². The van der Waals surface area contributed by atoms with Gasteiger partial charge in [0, 0.05) is 14.2 Å². The summed E-state index contributed by atoms with van der Waals surface area (Å²) in [5, 5.41) is 0. The number of fused-ring (bicyclic) bond motifs is 2. The Balaban J connectivity index is 2.17. The summed E-state index contributed by atoms with van der Waals surface area (Å²) in [4.78, 5) is 0. The first-order chi connectivity index (χ1) is 6.23. The molecule has 0 aromatic carbocycles. The van der Waals surface area contributed by atoms with E-state index >= 15 is 0 Å². The second kappa shape index (κ2) is 3.18. The predicted molar refractivity (Wildman–Crippen MR) is 44.2 cm³/mol. The fraction of sp³-hybridized carbons (Fsp3) is 1.00. The zero-order chi connectivity index (χ0) is 9.47. The van der Waals surface area contributed by atoms with E-state index in [9.17, 15) is 0 Å². The predicted octanol–water partition coefficient (Wildman–Crippen LogP) is -0.900. The van der Waals surface area contributed by atoms with Gasteiger partial charge < -0.3 is 24.7 Å². The molecule has 2 heterocycles. The highest BCUT2D eigenvalue weighted by molar-refractivity contribution is 5.07. The van der Waals surface area contributed by atoms with Crippen LogP contribution < -0.4 is 5.73 Å². The number of rotatable bonds is 3. The maximum Gasteiger partial charge on any atom is 0.145 e. The Hall–Kier alpha value is -0.200. The third-order valence-corrected chi connectivity index (χ3v) is 2.67. The number of methoxy groups -OCH3 is 2. The summed E-state index contributed by atoms with van der Waals surface area (Å²) in [5.41, 5.74) is 5.23. The SMILES string of the molecule is COCC12COC(C(N)O1)C2OC. The van der Waals surface area contributed by atoms with E-state index in [2.05, 4.69) is 0 Å². The van der Waals surface area contributed by atoms with Gasteiger partial charge in [-0.3, -0.25) is 0 Å². The van der Waals surface area contributed by atoms with Crippen LogP contribution in [0.15, 0.2) is 0 Å². The standard InChI is InChI=1S/C8H15NO4/c1-10-3-8-4-12-5(6(8)11-2)7(9)13-8/h5-7H,3-4,9H2,1-2H3. The smallest absolute Gasteiger partial charge is 0.145 e. The van der Waals surface area contributed by atoms with Crippen LogP contribution >= 0.6 is 0 Å². The first-order valence-corrected chi connectivity index (χ1v) is 4.30. The average molecular weight is 189 g/mol. The largest absolute Gasteiger partial charge is 0.381 e. The van der Waals surface area contributed by atoms with E-state index in [0.29, 0.717) is 13.2 Å². The normalized spacial score (nSPS) is 48.7. The summed E-state index contributed by atoms with van der Waals surface area (Å²) in [6, 6.07) is 0. The molecule has 5 heteroatoms. The van der Waals surface area contributed by atoms with Crippen LogP contribution in [-0.2, 0) is 18.9 Å². The van der Waals surface area contributed by atoms with E-state index in [1.165, 1.54) is 0 Å². The highest BCUT2D eigenvalue weighted by atomic mass is 16.7. The molecule has 4 unspecified atom stereocenters. The summed E-state index contributed by atoms with van der Waals surface area (Å²) in [6.45, 7) is 0.952. The Morgan fingerprint density at radius 3 is 2.85 bits per heavy atom. The maximum absolute atomic E-state index is 5.72. The molecule has 2 N–H and O–H groups in total. The van der Waals surface area contributed by atoms with Gasteiger partial charge in [-0.25, -0.2) is 0 Å². The summed E-state index contributed by atoms with van der Waals surface area (Å²) in [7, 11) is 3.26. The third-order valence-electron chi connectivity index (χ3n) is 2.67. The Morgan fingerprint density at radius 2 is 2.31 bits per heavy atom. The molecule has 2 fully saturated rings. The molecule has 0 aromatic heterocycles. The van der Waals surface area contributed by atoms with Crippen LogP contribution in [0.3, 0.4) is 0 Å². The molecule has 13 heavy (non-hydrogen) atoms. The van der Waals surface area contributed by atoms with Gasteiger partial charge in [-0.2, -0.15) is 0 Å². The molecule has 0 saturated carbocycles. The highest BCUT2D eigenvalue weighted by Crippen LogP contribution is 2.39. The molecule has 2 saturated heterocycles. The van der Waals surface area contributed by atoms with Gasteiger partial charge in [-0.1, -0.05) is 0 Å². The fourth-order valence-corrected chi connectivity index (χ4v) is 2.16. The first kappa shape index (κ1) is 9.36. The minimum absolute atomic E-state index is 0.109. The number of hydrogen-bond donors (Lipinski definition) is 1. The minimum atomic E-state index is -0.492. The molecule has 0 spiro atoms. The zero-order valence-electron chi connectivity index (χ0n) is 7.86.